The monoisotopic (exact) mass is 98.1 g/mol. The van der Waals surface area contributed by atoms with E-state index in [0.29, 0.717) is 17.6 Å². The van der Waals surface area contributed by atoms with E-state index in [2.05, 4.69) is 6.92 Å². The van der Waals surface area contributed by atoms with Crippen molar-refractivity contribution in [2.75, 3.05) is 0 Å². The van der Waals surface area contributed by atoms with Crippen molar-refractivity contribution in [1.82, 2.24) is 0 Å². The van der Waals surface area contributed by atoms with Gasteiger partial charge in [0.1, 0.15) is 5.78 Å². The van der Waals surface area contributed by atoms with Crippen LogP contribution in [0, 0.1) is 11.8 Å². The van der Waals surface area contributed by atoms with Crippen LogP contribution in [0.5, 0.6) is 0 Å². The topological polar surface area (TPSA) is 17.1 Å². The second-order valence-corrected chi connectivity index (χ2v) is 2.43. The SMILES string of the molecule is CC(=O)[C@@H]1CC1C. The van der Waals surface area contributed by atoms with E-state index in [4.69, 9.17) is 0 Å². The number of ketones is 1. The average molecular weight is 98.1 g/mol. The number of hydrogen-bond donors (Lipinski definition) is 0. The van der Waals surface area contributed by atoms with Crippen LogP contribution < -0.4 is 0 Å². The summed E-state index contributed by atoms with van der Waals surface area (Å²) in [5.41, 5.74) is 0. The molecule has 0 aromatic heterocycles. The van der Waals surface area contributed by atoms with Crippen LogP contribution in [-0.4, -0.2) is 5.78 Å². The molecule has 1 nitrogen and oxygen atoms in total. The fraction of sp³-hybridized carbons (Fsp3) is 0.833. The van der Waals surface area contributed by atoms with E-state index in [9.17, 15) is 4.79 Å². The minimum absolute atomic E-state index is 0.368. The molecule has 1 fully saturated rings. The minimum atomic E-state index is 0.368. The molecule has 1 aliphatic carbocycles. The maximum Gasteiger partial charge on any atom is 0.133 e. The summed E-state index contributed by atoms with van der Waals surface area (Å²) in [5, 5.41) is 0. The molecule has 0 aromatic carbocycles. The van der Waals surface area contributed by atoms with Crippen molar-refractivity contribution in [1.29, 1.82) is 0 Å². The minimum Gasteiger partial charge on any atom is -0.300 e. The van der Waals surface area contributed by atoms with Gasteiger partial charge in [0.05, 0.1) is 0 Å². The van der Waals surface area contributed by atoms with Gasteiger partial charge < -0.3 is 0 Å². The van der Waals surface area contributed by atoms with E-state index in [-0.39, 0.29) is 0 Å². The molecule has 1 unspecified atom stereocenters. The van der Waals surface area contributed by atoms with Crippen LogP contribution in [-0.2, 0) is 4.79 Å². The Labute approximate surface area is 43.7 Å². The van der Waals surface area contributed by atoms with Crippen LogP contribution in [0.15, 0.2) is 0 Å². The van der Waals surface area contributed by atoms with Crippen LogP contribution >= 0.6 is 0 Å². The van der Waals surface area contributed by atoms with Gasteiger partial charge in [-0.25, -0.2) is 0 Å². The van der Waals surface area contributed by atoms with Crippen LogP contribution in [0.2, 0.25) is 0 Å². The average Bonchev–Trinajstić information content (AvgIpc) is 2.17. The number of carbonyl (C=O) groups excluding carboxylic acids is 1. The summed E-state index contributed by atoms with van der Waals surface area (Å²) in [7, 11) is 0. The van der Waals surface area contributed by atoms with E-state index in [1.807, 2.05) is 0 Å². The molecule has 0 saturated heterocycles. The fourth-order valence-corrected chi connectivity index (χ4v) is 0.889. The summed E-state index contributed by atoms with van der Waals surface area (Å²) in [5.74, 6) is 1.49. The van der Waals surface area contributed by atoms with Gasteiger partial charge in [-0.15, -0.1) is 0 Å². The molecule has 0 aromatic rings. The Morgan fingerprint density at radius 2 is 2.14 bits per heavy atom. The van der Waals surface area contributed by atoms with Gasteiger partial charge in [0.25, 0.3) is 0 Å². The third kappa shape index (κ3) is 0.817. The Kier molecular flexibility index (Phi) is 0.911. The standard InChI is InChI=1S/C6H10O/c1-4-3-6(4)5(2)7/h4,6H,3H2,1-2H3/t4?,6-/m1/s1. The van der Waals surface area contributed by atoms with Crippen molar-refractivity contribution in [3.05, 3.63) is 0 Å². The van der Waals surface area contributed by atoms with Gasteiger partial charge in [-0.1, -0.05) is 6.92 Å². The molecule has 0 aliphatic heterocycles. The van der Waals surface area contributed by atoms with Crippen LogP contribution in [0.25, 0.3) is 0 Å². The molecule has 7 heavy (non-hydrogen) atoms. The Hall–Kier alpha value is -0.330. The smallest absolute Gasteiger partial charge is 0.133 e. The van der Waals surface area contributed by atoms with Gasteiger partial charge in [-0.2, -0.15) is 0 Å². The Morgan fingerprint density at radius 3 is 2.14 bits per heavy atom. The van der Waals surface area contributed by atoms with Gasteiger partial charge in [0, 0.05) is 5.92 Å². The van der Waals surface area contributed by atoms with Crippen LogP contribution in [0.1, 0.15) is 20.3 Å². The molecule has 0 spiro atoms. The summed E-state index contributed by atoms with van der Waals surface area (Å²) in [6, 6.07) is 0. The van der Waals surface area contributed by atoms with Crippen LogP contribution in [0.4, 0.5) is 0 Å². The lowest BCUT2D eigenvalue weighted by molar-refractivity contribution is -0.118. The van der Waals surface area contributed by atoms with E-state index < -0.39 is 0 Å². The first kappa shape index (κ1) is 4.82. The predicted octanol–water partition coefficient (Wildman–Crippen LogP) is 1.23. The van der Waals surface area contributed by atoms with Crippen molar-refractivity contribution in [2.24, 2.45) is 11.8 Å². The molecule has 0 radical (unpaired) electrons. The zero-order chi connectivity index (χ0) is 5.44. The van der Waals surface area contributed by atoms with E-state index in [1.54, 1.807) is 6.92 Å². The van der Waals surface area contributed by atoms with Crippen molar-refractivity contribution in [3.63, 3.8) is 0 Å². The Balaban J connectivity index is 2.33. The second-order valence-electron chi connectivity index (χ2n) is 2.43. The van der Waals surface area contributed by atoms with Gasteiger partial charge in [0.15, 0.2) is 0 Å². The summed E-state index contributed by atoms with van der Waals surface area (Å²) >= 11 is 0. The molecule has 0 amide bonds. The lowest BCUT2D eigenvalue weighted by Crippen LogP contribution is -1.92. The highest BCUT2D eigenvalue weighted by Gasteiger charge is 2.36. The quantitative estimate of drug-likeness (QED) is 0.482. The van der Waals surface area contributed by atoms with E-state index in [0.717, 1.165) is 6.42 Å². The van der Waals surface area contributed by atoms with E-state index in [1.165, 1.54) is 0 Å². The fourth-order valence-electron chi connectivity index (χ4n) is 0.889. The molecule has 2 atom stereocenters. The Morgan fingerprint density at radius 1 is 1.71 bits per heavy atom. The van der Waals surface area contributed by atoms with Crippen molar-refractivity contribution in [2.45, 2.75) is 20.3 Å². The van der Waals surface area contributed by atoms with Crippen LogP contribution in [0.3, 0.4) is 0 Å². The number of Topliss-reactive ketones (excluding diaryl/α,β-unsaturated/α-hetero) is 1. The third-order valence-electron chi connectivity index (χ3n) is 1.63. The second kappa shape index (κ2) is 1.32. The highest BCUT2D eigenvalue weighted by molar-refractivity contribution is 5.80. The molecule has 0 heterocycles. The first-order valence-electron chi connectivity index (χ1n) is 2.72. The maximum absolute atomic E-state index is 10.4. The molecular formula is C6H10O. The molecule has 0 N–H and O–H groups in total. The van der Waals surface area contributed by atoms with E-state index >= 15 is 0 Å². The first-order chi connectivity index (χ1) is 3.22. The zero-order valence-electron chi connectivity index (χ0n) is 4.77. The summed E-state index contributed by atoms with van der Waals surface area (Å²) in [6.45, 7) is 3.79. The highest BCUT2D eigenvalue weighted by Crippen LogP contribution is 2.37. The molecule has 1 rings (SSSR count). The lowest BCUT2D eigenvalue weighted by Gasteiger charge is -1.80. The third-order valence-corrected chi connectivity index (χ3v) is 1.63. The van der Waals surface area contributed by atoms with Crippen molar-refractivity contribution >= 4 is 5.78 Å². The van der Waals surface area contributed by atoms with Crippen molar-refractivity contribution < 1.29 is 4.79 Å². The van der Waals surface area contributed by atoms with Gasteiger partial charge >= 0.3 is 0 Å². The maximum atomic E-state index is 10.4. The summed E-state index contributed by atoms with van der Waals surface area (Å²) in [6.07, 6.45) is 1.13. The molecule has 0 bridgehead atoms. The normalized spacial score (nSPS) is 38.0. The highest BCUT2D eigenvalue weighted by atomic mass is 16.1. The number of rotatable bonds is 1. The zero-order valence-corrected chi connectivity index (χ0v) is 4.77. The van der Waals surface area contributed by atoms with Gasteiger partial charge in [-0.3, -0.25) is 4.79 Å². The number of carbonyl (C=O) groups is 1. The molecule has 1 saturated carbocycles. The number of hydrogen-bond acceptors (Lipinski definition) is 1. The summed E-state index contributed by atoms with van der Waals surface area (Å²) < 4.78 is 0. The molecular weight excluding hydrogens is 88.1 g/mol. The Bertz CT molecular complexity index is 96.4. The predicted molar refractivity (Wildman–Crippen MR) is 28.0 cm³/mol. The summed E-state index contributed by atoms with van der Waals surface area (Å²) in [4.78, 5) is 10.4. The van der Waals surface area contributed by atoms with Gasteiger partial charge in [-0.05, 0) is 19.3 Å². The van der Waals surface area contributed by atoms with Crippen molar-refractivity contribution in [3.8, 4) is 0 Å². The molecule has 40 valence electrons. The first-order valence-corrected chi connectivity index (χ1v) is 2.72. The lowest BCUT2D eigenvalue weighted by atomic mass is 10.2. The largest absolute Gasteiger partial charge is 0.300 e. The molecule has 1 heteroatoms. The molecule has 1 aliphatic rings. The van der Waals surface area contributed by atoms with Gasteiger partial charge in [0.2, 0.25) is 0 Å².